The van der Waals surface area contributed by atoms with Crippen molar-refractivity contribution in [1.29, 1.82) is 0 Å². The smallest absolute Gasteiger partial charge is 0.387 e. The van der Waals surface area contributed by atoms with Crippen LogP contribution in [0.25, 0.3) is 0 Å². The number of hydrogen-bond donors (Lipinski definition) is 2. The number of nitrogens with zero attached hydrogens (tertiary/aromatic N) is 1. The van der Waals surface area contributed by atoms with Crippen LogP contribution in [-0.4, -0.2) is 53.1 Å². The van der Waals surface area contributed by atoms with Gasteiger partial charge < -0.3 is 24.8 Å². The van der Waals surface area contributed by atoms with E-state index >= 15 is 0 Å². The number of alkyl halides is 2. The molecule has 0 aliphatic carbocycles. The number of guanidine groups is 1. The predicted molar refractivity (Wildman–Crippen MR) is 98.2 cm³/mol. The number of aliphatic imine (C=N–C) groups is 1. The number of benzene rings is 1. The standard InChI is InChI=1S/C17H26ClF2N3O3/c1-21-17(22-7-3-4-8-25-10-9-24-2)23-12-13-11-14(18)5-6-15(13)26-16(19)20/h5-6,11,16H,3-4,7-10,12H2,1-2H3,(H2,21,22,23). The molecule has 0 saturated carbocycles. The van der Waals surface area contributed by atoms with E-state index in [0.717, 1.165) is 12.8 Å². The maximum absolute atomic E-state index is 12.5. The summed E-state index contributed by atoms with van der Waals surface area (Å²) >= 11 is 5.93. The topological polar surface area (TPSA) is 64.1 Å². The molecule has 148 valence electrons. The van der Waals surface area contributed by atoms with Gasteiger partial charge in [-0.3, -0.25) is 4.99 Å². The third-order valence-electron chi connectivity index (χ3n) is 3.35. The quantitative estimate of drug-likeness (QED) is 0.324. The van der Waals surface area contributed by atoms with E-state index in [1.54, 1.807) is 20.2 Å². The third kappa shape index (κ3) is 9.74. The zero-order valence-electron chi connectivity index (χ0n) is 15.1. The number of halogens is 3. The number of rotatable bonds is 12. The van der Waals surface area contributed by atoms with E-state index in [9.17, 15) is 8.78 Å². The molecule has 0 atom stereocenters. The van der Waals surface area contributed by atoms with Crippen LogP contribution in [0.1, 0.15) is 18.4 Å². The minimum atomic E-state index is -2.89. The molecule has 0 heterocycles. The first-order valence-corrected chi connectivity index (χ1v) is 8.69. The van der Waals surface area contributed by atoms with Gasteiger partial charge in [0.1, 0.15) is 5.75 Å². The second-order valence-corrected chi connectivity index (χ2v) is 5.73. The molecule has 9 heteroatoms. The molecule has 6 nitrogen and oxygen atoms in total. The van der Waals surface area contributed by atoms with Crippen LogP contribution in [0, 0.1) is 0 Å². The largest absolute Gasteiger partial charge is 0.434 e. The number of ether oxygens (including phenoxy) is 3. The van der Waals surface area contributed by atoms with Gasteiger partial charge in [-0.2, -0.15) is 8.78 Å². The van der Waals surface area contributed by atoms with E-state index < -0.39 is 6.61 Å². The minimum Gasteiger partial charge on any atom is -0.434 e. The molecule has 26 heavy (non-hydrogen) atoms. The summed E-state index contributed by atoms with van der Waals surface area (Å²) < 4.78 is 39.7. The lowest BCUT2D eigenvalue weighted by Gasteiger charge is -2.15. The molecule has 0 saturated heterocycles. The highest BCUT2D eigenvalue weighted by molar-refractivity contribution is 6.30. The van der Waals surface area contributed by atoms with Gasteiger partial charge in [-0.05, 0) is 31.0 Å². The summed E-state index contributed by atoms with van der Waals surface area (Å²) in [5, 5.41) is 6.65. The number of nitrogens with one attached hydrogen (secondary N) is 2. The van der Waals surface area contributed by atoms with Crippen LogP contribution >= 0.6 is 11.6 Å². The fourth-order valence-electron chi connectivity index (χ4n) is 2.08. The summed E-state index contributed by atoms with van der Waals surface area (Å²) in [5.41, 5.74) is 0.521. The van der Waals surface area contributed by atoms with Crippen molar-refractivity contribution in [3.8, 4) is 5.75 Å². The zero-order valence-corrected chi connectivity index (χ0v) is 15.8. The Kier molecular flexibility index (Phi) is 11.7. The van der Waals surface area contributed by atoms with Crippen LogP contribution in [0.4, 0.5) is 8.78 Å². The maximum Gasteiger partial charge on any atom is 0.387 e. The van der Waals surface area contributed by atoms with Crippen LogP contribution in [0.15, 0.2) is 23.2 Å². The van der Waals surface area contributed by atoms with Gasteiger partial charge >= 0.3 is 6.61 Å². The summed E-state index contributed by atoms with van der Waals surface area (Å²) in [6.07, 6.45) is 1.82. The number of unbranched alkanes of at least 4 members (excludes halogenated alkanes) is 1. The summed E-state index contributed by atoms with van der Waals surface area (Å²) in [5.74, 6) is 0.647. The fourth-order valence-corrected chi connectivity index (χ4v) is 2.27. The summed E-state index contributed by atoms with van der Waals surface area (Å²) in [7, 11) is 3.27. The maximum atomic E-state index is 12.5. The first-order chi connectivity index (χ1) is 12.6. The lowest BCUT2D eigenvalue weighted by Crippen LogP contribution is -2.37. The van der Waals surface area contributed by atoms with Gasteiger partial charge in [-0.15, -0.1) is 0 Å². The van der Waals surface area contributed by atoms with E-state index in [4.69, 9.17) is 21.1 Å². The first kappa shape index (κ1) is 22.4. The second kappa shape index (κ2) is 13.5. The van der Waals surface area contributed by atoms with E-state index in [1.807, 2.05) is 0 Å². The molecular weight excluding hydrogens is 368 g/mol. The molecule has 1 aromatic carbocycles. The number of hydrogen-bond acceptors (Lipinski definition) is 4. The van der Waals surface area contributed by atoms with Crippen molar-refractivity contribution in [2.75, 3.05) is 40.5 Å². The molecule has 0 spiro atoms. The van der Waals surface area contributed by atoms with E-state index in [0.29, 0.717) is 42.9 Å². The monoisotopic (exact) mass is 393 g/mol. The lowest BCUT2D eigenvalue weighted by atomic mass is 10.2. The van der Waals surface area contributed by atoms with Crippen LogP contribution in [0.2, 0.25) is 5.02 Å². The van der Waals surface area contributed by atoms with Crippen molar-refractivity contribution in [2.24, 2.45) is 4.99 Å². The van der Waals surface area contributed by atoms with Gasteiger partial charge in [-0.25, -0.2) is 0 Å². The van der Waals surface area contributed by atoms with Gasteiger partial charge in [0.15, 0.2) is 5.96 Å². The highest BCUT2D eigenvalue weighted by atomic mass is 35.5. The summed E-state index contributed by atoms with van der Waals surface area (Å²) in [6, 6.07) is 4.51. The molecule has 0 unspecified atom stereocenters. The second-order valence-electron chi connectivity index (χ2n) is 5.30. The molecule has 0 aliphatic rings. The summed E-state index contributed by atoms with van der Waals surface area (Å²) in [6.45, 7) is -0.0659. The highest BCUT2D eigenvalue weighted by Crippen LogP contribution is 2.24. The van der Waals surface area contributed by atoms with E-state index in [2.05, 4.69) is 20.4 Å². The molecule has 0 bridgehead atoms. The van der Waals surface area contributed by atoms with Crippen molar-refractivity contribution in [1.82, 2.24) is 10.6 Å². The molecule has 1 aromatic rings. The van der Waals surface area contributed by atoms with Crippen molar-refractivity contribution in [3.05, 3.63) is 28.8 Å². The Morgan fingerprint density at radius 2 is 2.00 bits per heavy atom. The van der Waals surface area contributed by atoms with Gasteiger partial charge in [-0.1, -0.05) is 11.6 Å². The molecule has 0 aromatic heterocycles. The van der Waals surface area contributed by atoms with Gasteiger partial charge in [0.25, 0.3) is 0 Å². The van der Waals surface area contributed by atoms with Gasteiger partial charge in [0, 0.05) is 44.4 Å². The van der Waals surface area contributed by atoms with Crippen LogP contribution in [0.5, 0.6) is 5.75 Å². The fraction of sp³-hybridized carbons (Fsp3) is 0.588. The Balaban J connectivity index is 2.35. The van der Waals surface area contributed by atoms with Crippen molar-refractivity contribution >= 4 is 17.6 Å². The molecule has 2 N–H and O–H groups in total. The molecule has 0 radical (unpaired) electrons. The van der Waals surface area contributed by atoms with Crippen LogP contribution in [0.3, 0.4) is 0 Å². The summed E-state index contributed by atoms with van der Waals surface area (Å²) in [4.78, 5) is 4.10. The van der Waals surface area contributed by atoms with E-state index in [1.165, 1.54) is 12.1 Å². The third-order valence-corrected chi connectivity index (χ3v) is 3.58. The molecule has 1 rings (SSSR count). The molecular formula is C17H26ClF2N3O3. The van der Waals surface area contributed by atoms with Gasteiger partial charge in [0.05, 0.1) is 13.2 Å². The van der Waals surface area contributed by atoms with Crippen LogP contribution in [-0.2, 0) is 16.0 Å². The predicted octanol–water partition coefficient (Wildman–Crippen LogP) is 3.05. The Hall–Kier alpha value is -1.64. The molecule has 0 amide bonds. The number of methoxy groups -OCH3 is 1. The zero-order chi connectivity index (χ0) is 19.2. The normalized spacial score (nSPS) is 11.7. The Morgan fingerprint density at radius 1 is 1.19 bits per heavy atom. The van der Waals surface area contributed by atoms with Crippen molar-refractivity contribution in [2.45, 2.75) is 26.0 Å². The van der Waals surface area contributed by atoms with E-state index in [-0.39, 0.29) is 12.3 Å². The highest BCUT2D eigenvalue weighted by Gasteiger charge is 2.10. The van der Waals surface area contributed by atoms with Crippen molar-refractivity contribution in [3.63, 3.8) is 0 Å². The molecule has 0 aliphatic heterocycles. The Morgan fingerprint density at radius 3 is 2.69 bits per heavy atom. The SMILES string of the molecule is CN=C(NCCCCOCCOC)NCc1cc(Cl)ccc1OC(F)F. The minimum absolute atomic E-state index is 0.0839. The average molecular weight is 394 g/mol. The van der Waals surface area contributed by atoms with Crippen molar-refractivity contribution < 1.29 is 23.0 Å². The van der Waals surface area contributed by atoms with Crippen LogP contribution < -0.4 is 15.4 Å². The van der Waals surface area contributed by atoms with Gasteiger partial charge in [0.2, 0.25) is 0 Å². The molecule has 0 fully saturated rings. The lowest BCUT2D eigenvalue weighted by molar-refractivity contribution is -0.0504. The average Bonchev–Trinajstić information content (AvgIpc) is 2.61. The first-order valence-electron chi connectivity index (χ1n) is 8.31. The Labute approximate surface area is 157 Å². The Bertz CT molecular complexity index is 548.